The van der Waals surface area contributed by atoms with Crippen LogP contribution in [0.4, 0.5) is 17.6 Å². The van der Waals surface area contributed by atoms with Crippen molar-refractivity contribution in [3.8, 4) is 0 Å². The molecule has 2 aromatic heterocycles. The first-order chi connectivity index (χ1) is 15.0. The molecule has 1 atom stereocenters. The second kappa shape index (κ2) is 9.21. The van der Waals surface area contributed by atoms with Gasteiger partial charge in [-0.1, -0.05) is 6.07 Å². The Kier molecular flexibility index (Phi) is 6.79. The predicted octanol–water partition coefficient (Wildman–Crippen LogP) is 3.24. The van der Waals surface area contributed by atoms with Crippen LogP contribution in [0.2, 0.25) is 0 Å². The first-order valence-corrected chi connectivity index (χ1v) is 9.73. The minimum Gasteiger partial charge on any atom is -0.394 e. The summed E-state index contributed by atoms with van der Waals surface area (Å²) in [5.41, 5.74) is -1.46. The first-order valence-electron chi connectivity index (χ1n) is 9.73. The second-order valence-corrected chi connectivity index (χ2v) is 7.52. The Morgan fingerprint density at radius 1 is 1.25 bits per heavy atom. The van der Waals surface area contributed by atoms with Crippen molar-refractivity contribution < 1.29 is 32.2 Å². The van der Waals surface area contributed by atoms with Crippen molar-refractivity contribution in [3.05, 3.63) is 64.9 Å². The molecule has 11 heteroatoms. The number of aryl methyl sites for hydroxylation is 1. The van der Waals surface area contributed by atoms with Crippen molar-refractivity contribution in [3.63, 3.8) is 0 Å². The molecule has 0 saturated carbocycles. The number of hydrogen-bond acceptors (Lipinski definition) is 5. The maximum Gasteiger partial charge on any atom is 0.416 e. The van der Waals surface area contributed by atoms with E-state index in [-0.39, 0.29) is 43.0 Å². The zero-order chi connectivity index (χ0) is 23.5. The van der Waals surface area contributed by atoms with Gasteiger partial charge in [0.25, 0.3) is 5.91 Å². The van der Waals surface area contributed by atoms with Gasteiger partial charge in [0.1, 0.15) is 11.4 Å². The number of carbonyl (C=O) groups is 1. The molecule has 2 N–H and O–H groups in total. The fraction of sp³-hybridized carbons (Fsp3) is 0.381. The number of hydrogen-bond donors (Lipinski definition) is 2. The maximum atomic E-state index is 14.8. The number of alkyl halides is 3. The molecule has 172 valence electrons. The molecule has 0 fully saturated rings. The number of nitrogens with one attached hydrogen (secondary N) is 1. The lowest BCUT2D eigenvalue weighted by molar-refractivity contribution is -0.137. The van der Waals surface area contributed by atoms with Gasteiger partial charge < -0.3 is 15.2 Å². The number of halogens is 4. The van der Waals surface area contributed by atoms with E-state index < -0.39 is 29.0 Å². The number of aliphatic hydroxyl groups is 1. The number of aliphatic hydroxyl groups excluding tert-OH is 1. The molecule has 7 nitrogen and oxygen atoms in total. The molecule has 0 saturated heterocycles. The van der Waals surface area contributed by atoms with Gasteiger partial charge in [-0.15, -0.1) is 0 Å². The van der Waals surface area contributed by atoms with E-state index in [2.05, 4.69) is 15.4 Å². The van der Waals surface area contributed by atoms with Gasteiger partial charge in [-0.05, 0) is 38.0 Å². The van der Waals surface area contributed by atoms with Crippen LogP contribution in [0.3, 0.4) is 0 Å². The van der Waals surface area contributed by atoms with E-state index in [9.17, 15) is 22.4 Å². The third kappa shape index (κ3) is 5.05. The van der Waals surface area contributed by atoms with Crippen LogP contribution in [0, 0.1) is 12.7 Å². The lowest BCUT2D eigenvalue weighted by Gasteiger charge is -2.32. The summed E-state index contributed by atoms with van der Waals surface area (Å²) in [5, 5.41) is 15.7. The minimum atomic E-state index is -4.70. The largest absolute Gasteiger partial charge is 0.416 e. The SMILES string of the molecule is Cc1cnc2c(C(=O)N[C@](C)(CCOCCO)c3ccc(C(F)(F)F)cc3F)cnn2c1. The topological polar surface area (TPSA) is 88.8 Å². The van der Waals surface area contributed by atoms with Crippen LogP contribution in [0.1, 0.15) is 40.4 Å². The molecule has 32 heavy (non-hydrogen) atoms. The molecule has 1 aromatic carbocycles. The Balaban J connectivity index is 1.95. The number of nitrogens with zero attached hydrogens (tertiary/aromatic N) is 3. The minimum absolute atomic E-state index is 0.0179. The van der Waals surface area contributed by atoms with Crippen molar-refractivity contribution in [2.75, 3.05) is 19.8 Å². The Morgan fingerprint density at radius 3 is 2.66 bits per heavy atom. The summed E-state index contributed by atoms with van der Waals surface area (Å²) in [6.45, 7) is 3.11. The summed E-state index contributed by atoms with van der Waals surface area (Å²) in [6.07, 6.45) is -0.123. The number of rotatable bonds is 8. The van der Waals surface area contributed by atoms with Crippen LogP contribution in [0.5, 0.6) is 0 Å². The standard InChI is InChI=1S/C21H22F4N4O3/c1-13-10-26-18-15(11-27-29(18)12-13)19(31)28-20(2,5-7-32-8-6-30)16-4-3-14(9-17(16)22)21(23,24)25/h3-4,9-12,30H,5-8H2,1-2H3,(H,28,31)/t20-/m1/s1. The molecule has 0 bridgehead atoms. The smallest absolute Gasteiger partial charge is 0.394 e. The molecule has 3 aromatic rings. The van der Waals surface area contributed by atoms with Gasteiger partial charge in [-0.25, -0.2) is 13.9 Å². The van der Waals surface area contributed by atoms with Crippen LogP contribution in [0.25, 0.3) is 5.65 Å². The van der Waals surface area contributed by atoms with Crippen LogP contribution >= 0.6 is 0 Å². The molecule has 2 heterocycles. The van der Waals surface area contributed by atoms with E-state index in [1.807, 2.05) is 6.92 Å². The lowest BCUT2D eigenvalue weighted by Crippen LogP contribution is -2.45. The van der Waals surface area contributed by atoms with E-state index in [1.54, 1.807) is 12.4 Å². The van der Waals surface area contributed by atoms with Crippen molar-refractivity contribution in [1.29, 1.82) is 0 Å². The molecular weight excluding hydrogens is 432 g/mol. The second-order valence-electron chi connectivity index (χ2n) is 7.52. The quantitative estimate of drug-likeness (QED) is 0.403. The molecule has 0 aliphatic rings. The zero-order valence-corrected chi connectivity index (χ0v) is 17.4. The zero-order valence-electron chi connectivity index (χ0n) is 17.4. The Bertz CT molecular complexity index is 1120. The Hall–Kier alpha value is -3.05. The Labute approximate surface area is 181 Å². The molecule has 3 rings (SSSR count). The summed E-state index contributed by atoms with van der Waals surface area (Å²) in [5.74, 6) is -1.74. The molecule has 0 aliphatic heterocycles. The summed E-state index contributed by atoms with van der Waals surface area (Å²) >= 11 is 0. The van der Waals surface area contributed by atoms with Crippen LogP contribution in [0.15, 0.2) is 36.8 Å². The van der Waals surface area contributed by atoms with Crippen molar-refractivity contribution >= 4 is 11.6 Å². The van der Waals surface area contributed by atoms with E-state index in [0.29, 0.717) is 6.07 Å². The molecule has 1 amide bonds. The van der Waals surface area contributed by atoms with Crippen LogP contribution in [-0.4, -0.2) is 45.4 Å². The highest BCUT2D eigenvalue weighted by Crippen LogP contribution is 2.34. The molecule has 0 unspecified atom stereocenters. The average molecular weight is 454 g/mol. The van der Waals surface area contributed by atoms with Gasteiger partial charge in [0.15, 0.2) is 5.65 Å². The Morgan fingerprint density at radius 2 is 2.00 bits per heavy atom. The first kappa shape index (κ1) is 23.6. The van der Waals surface area contributed by atoms with Crippen molar-refractivity contribution in [2.24, 2.45) is 0 Å². The van der Waals surface area contributed by atoms with Gasteiger partial charge in [0, 0.05) is 24.6 Å². The third-order valence-electron chi connectivity index (χ3n) is 4.99. The highest BCUT2D eigenvalue weighted by Gasteiger charge is 2.36. The predicted molar refractivity (Wildman–Crippen MR) is 106 cm³/mol. The van der Waals surface area contributed by atoms with E-state index in [1.165, 1.54) is 17.6 Å². The molecule has 0 aliphatic carbocycles. The van der Waals surface area contributed by atoms with Gasteiger partial charge in [0.2, 0.25) is 0 Å². The molecule has 0 spiro atoms. The monoisotopic (exact) mass is 454 g/mol. The number of aromatic nitrogens is 3. The third-order valence-corrected chi connectivity index (χ3v) is 4.99. The van der Waals surface area contributed by atoms with Gasteiger partial charge in [0.05, 0.1) is 30.5 Å². The highest BCUT2D eigenvalue weighted by molar-refractivity contribution is 6.00. The van der Waals surface area contributed by atoms with E-state index in [4.69, 9.17) is 9.84 Å². The number of ether oxygens (including phenoxy) is 1. The fourth-order valence-electron chi connectivity index (χ4n) is 3.29. The highest BCUT2D eigenvalue weighted by atomic mass is 19.4. The maximum absolute atomic E-state index is 14.8. The van der Waals surface area contributed by atoms with E-state index in [0.717, 1.165) is 17.7 Å². The van der Waals surface area contributed by atoms with Crippen LogP contribution in [-0.2, 0) is 16.5 Å². The van der Waals surface area contributed by atoms with Crippen molar-refractivity contribution in [1.82, 2.24) is 19.9 Å². The van der Waals surface area contributed by atoms with Gasteiger partial charge in [-0.2, -0.15) is 18.3 Å². The number of benzene rings is 1. The summed E-state index contributed by atoms with van der Waals surface area (Å²) in [4.78, 5) is 17.2. The summed E-state index contributed by atoms with van der Waals surface area (Å²) in [6, 6.07) is 2.16. The summed E-state index contributed by atoms with van der Waals surface area (Å²) < 4.78 is 60.3. The number of carbonyl (C=O) groups excluding carboxylic acids is 1. The van der Waals surface area contributed by atoms with Gasteiger partial charge >= 0.3 is 6.18 Å². The normalized spacial score (nSPS) is 13.8. The van der Waals surface area contributed by atoms with Crippen LogP contribution < -0.4 is 5.32 Å². The molecule has 0 radical (unpaired) electrons. The van der Waals surface area contributed by atoms with Crippen molar-refractivity contribution in [2.45, 2.75) is 32.0 Å². The lowest BCUT2D eigenvalue weighted by atomic mass is 9.87. The van der Waals surface area contributed by atoms with Gasteiger partial charge in [-0.3, -0.25) is 4.79 Å². The number of fused-ring (bicyclic) bond motifs is 1. The molecular formula is C21H22F4N4O3. The summed E-state index contributed by atoms with van der Waals surface area (Å²) in [7, 11) is 0. The number of amides is 1. The van der Waals surface area contributed by atoms with E-state index >= 15 is 0 Å². The fourth-order valence-corrected chi connectivity index (χ4v) is 3.29. The average Bonchev–Trinajstić information content (AvgIpc) is 3.13.